The maximum Gasteiger partial charge on any atom is 0.162 e. The monoisotopic (exact) mass is 236 g/mol. The van der Waals surface area contributed by atoms with Gasteiger partial charge >= 0.3 is 0 Å². The fraction of sp³-hybridized carbons (Fsp3) is 0.214. The van der Waals surface area contributed by atoms with Crippen LogP contribution in [0.2, 0.25) is 0 Å². The largest absolute Gasteiger partial charge is 0.236 e. The first-order valence-electron chi connectivity index (χ1n) is 6.12. The zero-order valence-electron chi connectivity index (χ0n) is 10.1. The van der Waals surface area contributed by atoms with E-state index in [4.69, 9.17) is 0 Å². The lowest BCUT2D eigenvalue weighted by molar-refractivity contribution is 0.863. The molecule has 0 saturated carbocycles. The van der Waals surface area contributed by atoms with Crippen LogP contribution in [-0.2, 0) is 12.8 Å². The minimum atomic E-state index is 0.795. The average molecular weight is 236 g/mol. The number of benzene rings is 1. The third-order valence-electron chi connectivity index (χ3n) is 3.51. The Bertz CT molecular complexity index is 758. The number of rotatable bonds is 0. The number of hydrogen-bond donors (Lipinski definition) is 0. The first-order valence-corrected chi connectivity index (χ1v) is 6.12. The van der Waals surface area contributed by atoms with E-state index in [1.807, 2.05) is 6.92 Å². The molecule has 2 heterocycles. The predicted molar refractivity (Wildman–Crippen MR) is 68.4 cm³/mol. The predicted octanol–water partition coefficient (Wildman–Crippen LogP) is 2.20. The standard InChI is InChI=1S/C14H12N4/c1-9-16-14-12-7-6-10-4-2-3-5-11(10)13(12)15-8-18(14)17-9/h2-5,8H,6-7H2,1H3. The molecular weight excluding hydrogens is 224 g/mol. The molecule has 2 aromatic heterocycles. The molecule has 4 heteroatoms. The highest BCUT2D eigenvalue weighted by Crippen LogP contribution is 2.32. The molecule has 1 aliphatic rings. The quantitative estimate of drug-likeness (QED) is 0.601. The Balaban J connectivity index is 2.08. The Morgan fingerprint density at radius 2 is 2.06 bits per heavy atom. The van der Waals surface area contributed by atoms with Crippen molar-refractivity contribution >= 4 is 5.65 Å². The summed E-state index contributed by atoms with van der Waals surface area (Å²) in [5.41, 5.74) is 5.85. The molecule has 0 spiro atoms. The van der Waals surface area contributed by atoms with Crippen molar-refractivity contribution in [3.63, 3.8) is 0 Å². The van der Waals surface area contributed by atoms with Crippen molar-refractivity contribution in [2.45, 2.75) is 19.8 Å². The Hall–Kier alpha value is -2.23. The fourth-order valence-corrected chi connectivity index (χ4v) is 2.70. The van der Waals surface area contributed by atoms with Crippen molar-refractivity contribution in [3.8, 4) is 11.3 Å². The minimum absolute atomic E-state index is 0.795. The van der Waals surface area contributed by atoms with E-state index in [0.29, 0.717) is 0 Å². The second-order valence-corrected chi connectivity index (χ2v) is 4.66. The van der Waals surface area contributed by atoms with Gasteiger partial charge in [-0.2, -0.15) is 5.10 Å². The summed E-state index contributed by atoms with van der Waals surface area (Å²) in [6, 6.07) is 8.47. The van der Waals surface area contributed by atoms with Crippen molar-refractivity contribution in [2.75, 3.05) is 0 Å². The normalized spacial score (nSPS) is 13.4. The molecule has 4 nitrogen and oxygen atoms in total. The first kappa shape index (κ1) is 9.76. The van der Waals surface area contributed by atoms with Gasteiger partial charge in [0.2, 0.25) is 0 Å². The zero-order valence-corrected chi connectivity index (χ0v) is 10.1. The van der Waals surface area contributed by atoms with Gasteiger partial charge in [-0.25, -0.2) is 14.5 Å². The van der Waals surface area contributed by atoms with Crippen LogP contribution >= 0.6 is 0 Å². The highest BCUT2D eigenvalue weighted by atomic mass is 15.3. The van der Waals surface area contributed by atoms with E-state index in [0.717, 1.165) is 30.0 Å². The van der Waals surface area contributed by atoms with Crippen LogP contribution in [0.4, 0.5) is 0 Å². The Morgan fingerprint density at radius 1 is 1.17 bits per heavy atom. The summed E-state index contributed by atoms with van der Waals surface area (Å²) in [5, 5.41) is 4.32. The third kappa shape index (κ3) is 1.23. The number of aryl methyl sites for hydroxylation is 3. The van der Waals surface area contributed by atoms with Crippen LogP contribution < -0.4 is 0 Å². The fourth-order valence-electron chi connectivity index (χ4n) is 2.70. The van der Waals surface area contributed by atoms with Gasteiger partial charge in [0.25, 0.3) is 0 Å². The van der Waals surface area contributed by atoms with Crippen LogP contribution in [0, 0.1) is 6.92 Å². The second kappa shape index (κ2) is 3.38. The topological polar surface area (TPSA) is 43.1 Å². The maximum absolute atomic E-state index is 4.56. The van der Waals surface area contributed by atoms with Crippen molar-refractivity contribution in [2.24, 2.45) is 0 Å². The maximum atomic E-state index is 4.56. The molecule has 0 amide bonds. The van der Waals surface area contributed by atoms with Gasteiger partial charge in [0.1, 0.15) is 12.2 Å². The second-order valence-electron chi connectivity index (χ2n) is 4.66. The van der Waals surface area contributed by atoms with Crippen LogP contribution in [-0.4, -0.2) is 19.6 Å². The molecule has 4 rings (SSSR count). The number of hydrogen-bond acceptors (Lipinski definition) is 3. The molecule has 18 heavy (non-hydrogen) atoms. The SMILES string of the molecule is Cc1nc2c3c(ncn2n1)-c1ccccc1CC3. The summed E-state index contributed by atoms with van der Waals surface area (Å²) in [7, 11) is 0. The minimum Gasteiger partial charge on any atom is -0.236 e. The summed E-state index contributed by atoms with van der Waals surface area (Å²) in [4.78, 5) is 9.07. The van der Waals surface area contributed by atoms with Crippen molar-refractivity contribution in [1.82, 2.24) is 19.6 Å². The molecule has 88 valence electrons. The van der Waals surface area contributed by atoms with Gasteiger partial charge in [-0.15, -0.1) is 0 Å². The first-order chi connectivity index (χ1) is 8.83. The molecule has 0 saturated heterocycles. The average Bonchev–Trinajstić information content (AvgIpc) is 2.79. The smallest absolute Gasteiger partial charge is 0.162 e. The van der Waals surface area contributed by atoms with E-state index in [1.54, 1.807) is 10.8 Å². The summed E-state index contributed by atoms with van der Waals surface area (Å²) < 4.78 is 1.78. The van der Waals surface area contributed by atoms with Crippen LogP contribution in [0.3, 0.4) is 0 Å². The molecule has 0 radical (unpaired) electrons. The van der Waals surface area contributed by atoms with E-state index < -0.39 is 0 Å². The molecule has 3 aromatic rings. The van der Waals surface area contributed by atoms with E-state index in [2.05, 4.69) is 39.3 Å². The Kier molecular flexibility index (Phi) is 1.84. The number of fused-ring (bicyclic) bond motifs is 5. The van der Waals surface area contributed by atoms with Gasteiger partial charge in [-0.1, -0.05) is 24.3 Å². The highest BCUT2D eigenvalue weighted by Gasteiger charge is 2.20. The molecule has 0 unspecified atom stereocenters. The molecule has 0 fully saturated rings. The summed E-state index contributed by atoms with van der Waals surface area (Å²) >= 11 is 0. The van der Waals surface area contributed by atoms with Gasteiger partial charge in [0, 0.05) is 11.1 Å². The van der Waals surface area contributed by atoms with Crippen LogP contribution in [0.15, 0.2) is 30.6 Å². The lowest BCUT2D eigenvalue weighted by Gasteiger charge is -2.18. The molecule has 1 aromatic carbocycles. The lowest BCUT2D eigenvalue weighted by Crippen LogP contribution is -2.08. The van der Waals surface area contributed by atoms with Gasteiger partial charge in [0.15, 0.2) is 5.65 Å². The van der Waals surface area contributed by atoms with Gasteiger partial charge in [-0.3, -0.25) is 0 Å². The van der Waals surface area contributed by atoms with E-state index in [-0.39, 0.29) is 0 Å². The summed E-state index contributed by atoms with van der Waals surface area (Å²) in [6.07, 6.45) is 3.80. The van der Waals surface area contributed by atoms with Crippen LogP contribution in [0.1, 0.15) is 17.0 Å². The van der Waals surface area contributed by atoms with Gasteiger partial charge in [-0.05, 0) is 25.3 Å². The van der Waals surface area contributed by atoms with Crippen molar-refractivity contribution in [3.05, 3.63) is 47.5 Å². The molecule has 0 atom stereocenters. The molecule has 0 bridgehead atoms. The van der Waals surface area contributed by atoms with E-state index in [9.17, 15) is 0 Å². The van der Waals surface area contributed by atoms with Gasteiger partial charge < -0.3 is 0 Å². The van der Waals surface area contributed by atoms with Crippen LogP contribution in [0.5, 0.6) is 0 Å². The Morgan fingerprint density at radius 3 is 3.00 bits per heavy atom. The molecule has 0 N–H and O–H groups in total. The van der Waals surface area contributed by atoms with E-state index >= 15 is 0 Å². The van der Waals surface area contributed by atoms with Crippen molar-refractivity contribution in [1.29, 1.82) is 0 Å². The number of nitrogens with zero attached hydrogens (tertiary/aromatic N) is 4. The number of aromatic nitrogens is 4. The molecular formula is C14H12N4. The molecule has 1 aliphatic carbocycles. The summed E-state index contributed by atoms with van der Waals surface area (Å²) in [5.74, 6) is 0.795. The van der Waals surface area contributed by atoms with Crippen LogP contribution in [0.25, 0.3) is 16.9 Å². The highest BCUT2D eigenvalue weighted by molar-refractivity contribution is 5.74. The summed E-state index contributed by atoms with van der Waals surface area (Å²) in [6.45, 7) is 1.91. The van der Waals surface area contributed by atoms with Gasteiger partial charge in [0.05, 0.1) is 5.69 Å². The zero-order chi connectivity index (χ0) is 12.1. The van der Waals surface area contributed by atoms with E-state index in [1.165, 1.54) is 16.7 Å². The lowest BCUT2D eigenvalue weighted by atomic mass is 9.89. The Labute approximate surface area is 104 Å². The van der Waals surface area contributed by atoms with Crippen molar-refractivity contribution < 1.29 is 0 Å². The molecule has 0 aliphatic heterocycles. The third-order valence-corrected chi connectivity index (χ3v) is 3.51.